The number of pyridine rings is 1. The van der Waals surface area contributed by atoms with Crippen molar-refractivity contribution in [2.45, 2.75) is 65.0 Å². The number of carbonyl (C=O) groups excluding carboxylic acids is 2. The SMILES string of the molecule is Cc1cc(C(=O)N2Cc3cc4c(cc3CC2C(=O)NC(Cc2ccc(-c3ccnc(C)c3C)cc2)C(=O)O)OCC(c2ccc(OCc3ccc(Cl)c(Cl)c3)cc2)O4)n(C)n1. The summed E-state index contributed by atoms with van der Waals surface area (Å²) in [6.45, 7) is 6.39. The molecule has 6 aromatic rings. The number of aliphatic carboxylic acids is 1. The van der Waals surface area contributed by atoms with E-state index in [4.69, 9.17) is 37.4 Å². The molecule has 3 unspecified atom stereocenters. The Balaban J connectivity index is 0.993. The normalized spacial score (nSPS) is 16.1. The van der Waals surface area contributed by atoms with Crippen molar-refractivity contribution in [3.8, 4) is 28.4 Å². The molecule has 2 aromatic heterocycles. The van der Waals surface area contributed by atoms with Crippen LogP contribution in [0.4, 0.5) is 0 Å². The molecule has 3 atom stereocenters. The van der Waals surface area contributed by atoms with Crippen LogP contribution in [0.2, 0.25) is 10.0 Å². The molecule has 4 aromatic carbocycles. The fraction of sp³-hybridized carbons (Fsp3) is 0.255. The molecule has 0 spiro atoms. The van der Waals surface area contributed by atoms with Gasteiger partial charge in [0.05, 0.1) is 15.7 Å². The van der Waals surface area contributed by atoms with Crippen LogP contribution >= 0.6 is 23.2 Å². The first-order valence-electron chi connectivity index (χ1n) is 19.8. The quantitative estimate of drug-likeness (QED) is 0.132. The standard InChI is InChI=1S/C47H43Cl2N5O7/c1-26-17-41(53(4)52-26)46(56)54-23-34-22-43-42(60-25-44(61-43)32-10-12-35(13-11-32)59-24-30-7-14-37(48)38(49)18-30)21-33(34)20-40(54)45(55)51-39(47(57)58)19-29-5-8-31(9-6-29)36-15-16-50-28(3)27(36)2/h5-18,21-22,39-40,44H,19-20,23-25H2,1-4H3,(H,51,55)(H,57,58). The Kier molecular flexibility index (Phi) is 11.7. The van der Waals surface area contributed by atoms with Gasteiger partial charge in [-0.05, 0) is 114 Å². The van der Waals surface area contributed by atoms with Gasteiger partial charge in [-0.1, -0.05) is 65.7 Å². The number of carboxylic acid groups (broad SMARTS) is 1. The van der Waals surface area contributed by atoms with Crippen LogP contribution in [-0.2, 0) is 42.6 Å². The third-order valence-electron chi connectivity index (χ3n) is 11.3. The van der Waals surface area contributed by atoms with Crippen LogP contribution in [0.25, 0.3) is 11.1 Å². The second kappa shape index (κ2) is 17.3. The summed E-state index contributed by atoms with van der Waals surface area (Å²) in [5.74, 6) is -0.483. The number of aromatic nitrogens is 3. The van der Waals surface area contributed by atoms with E-state index in [9.17, 15) is 19.5 Å². The molecule has 61 heavy (non-hydrogen) atoms. The summed E-state index contributed by atoms with van der Waals surface area (Å²) in [6, 6.07) is 25.6. The van der Waals surface area contributed by atoms with E-state index in [1.807, 2.05) is 86.6 Å². The average molecular weight is 861 g/mol. The fourth-order valence-corrected chi connectivity index (χ4v) is 8.09. The van der Waals surface area contributed by atoms with Crippen LogP contribution in [0.1, 0.15) is 61.4 Å². The van der Waals surface area contributed by atoms with Crippen molar-refractivity contribution in [2.75, 3.05) is 6.61 Å². The van der Waals surface area contributed by atoms with Crippen molar-refractivity contribution in [1.82, 2.24) is 25.0 Å². The van der Waals surface area contributed by atoms with Crippen molar-refractivity contribution in [1.29, 1.82) is 0 Å². The first-order valence-corrected chi connectivity index (χ1v) is 20.5. The summed E-state index contributed by atoms with van der Waals surface area (Å²) in [5.41, 5.74) is 9.04. The molecule has 0 saturated heterocycles. The largest absolute Gasteiger partial charge is 0.489 e. The van der Waals surface area contributed by atoms with Crippen LogP contribution in [0.15, 0.2) is 97.2 Å². The van der Waals surface area contributed by atoms with Crippen LogP contribution in [0.5, 0.6) is 17.2 Å². The smallest absolute Gasteiger partial charge is 0.326 e. The van der Waals surface area contributed by atoms with Gasteiger partial charge in [0, 0.05) is 38.3 Å². The lowest BCUT2D eigenvalue weighted by atomic mass is 9.91. The Morgan fingerprint density at radius 1 is 0.902 bits per heavy atom. The third-order valence-corrected chi connectivity index (χ3v) is 12.0. The number of carbonyl (C=O) groups is 3. The first-order chi connectivity index (χ1) is 29.3. The summed E-state index contributed by atoms with van der Waals surface area (Å²) in [5, 5.41) is 18.4. The molecule has 14 heteroatoms. The Morgan fingerprint density at radius 3 is 2.34 bits per heavy atom. The van der Waals surface area contributed by atoms with Crippen molar-refractivity contribution in [2.24, 2.45) is 7.05 Å². The van der Waals surface area contributed by atoms with Crippen molar-refractivity contribution in [3.05, 3.63) is 158 Å². The molecule has 8 rings (SSSR count). The van der Waals surface area contributed by atoms with Crippen LogP contribution in [-0.4, -0.2) is 61.2 Å². The van der Waals surface area contributed by atoms with E-state index in [0.29, 0.717) is 45.3 Å². The third kappa shape index (κ3) is 8.92. The van der Waals surface area contributed by atoms with Gasteiger partial charge in [0.1, 0.15) is 36.7 Å². The Labute approximate surface area is 363 Å². The van der Waals surface area contributed by atoms with Crippen molar-refractivity contribution in [3.63, 3.8) is 0 Å². The molecule has 12 nitrogen and oxygen atoms in total. The average Bonchev–Trinajstić information content (AvgIpc) is 3.60. The molecule has 2 N–H and O–H groups in total. The van der Waals surface area contributed by atoms with E-state index in [2.05, 4.69) is 15.4 Å². The molecule has 2 aliphatic heterocycles. The zero-order valence-corrected chi connectivity index (χ0v) is 35.5. The number of hydrogen-bond donors (Lipinski definition) is 2. The second-order valence-corrected chi connectivity index (χ2v) is 16.2. The zero-order chi connectivity index (χ0) is 42.9. The molecule has 0 bridgehead atoms. The van der Waals surface area contributed by atoms with Gasteiger partial charge in [-0.3, -0.25) is 19.3 Å². The lowest BCUT2D eigenvalue weighted by molar-refractivity contribution is -0.142. The minimum Gasteiger partial charge on any atom is -0.489 e. The molecule has 0 aliphatic carbocycles. The van der Waals surface area contributed by atoms with E-state index >= 15 is 0 Å². The fourth-order valence-electron chi connectivity index (χ4n) is 7.77. The topological polar surface area (TPSA) is 145 Å². The summed E-state index contributed by atoms with van der Waals surface area (Å²) in [4.78, 5) is 47.0. The van der Waals surface area contributed by atoms with E-state index in [0.717, 1.165) is 50.2 Å². The van der Waals surface area contributed by atoms with E-state index in [-0.39, 0.29) is 26.0 Å². The number of nitrogens with one attached hydrogen (secondary N) is 1. The number of amides is 2. The summed E-state index contributed by atoms with van der Waals surface area (Å²) in [7, 11) is 1.67. The maximum atomic E-state index is 14.3. The highest BCUT2D eigenvalue weighted by molar-refractivity contribution is 6.42. The number of hydrogen-bond acceptors (Lipinski definition) is 8. The predicted octanol–water partition coefficient (Wildman–Crippen LogP) is 8.18. The number of benzene rings is 4. The summed E-state index contributed by atoms with van der Waals surface area (Å²) < 4.78 is 20.1. The first kappa shape index (κ1) is 41.4. The number of carboxylic acids is 1. The summed E-state index contributed by atoms with van der Waals surface area (Å²) in [6.07, 6.45) is 1.52. The van der Waals surface area contributed by atoms with Crippen LogP contribution in [0, 0.1) is 20.8 Å². The Hall–Kier alpha value is -6.37. The molecule has 312 valence electrons. The highest BCUT2D eigenvalue weighted by Gasteiger charge is 2.39. The molecule has 2 aliphatic rings. The van der Waals surface area contributed by atoms with E-state index in [1.165, 1.54) is 9.58 Å². The number of ether oxygens (including phenoxy) is 3. The van der Waals surface area contributed by atoms with Crippen LogP contribution < -0.4 is 19.5 Å². The van der Waals surface area contributed by atoms with Crippen molar-refractivity contribution < 1.29 is 33.7 Å². The maximum Gasteiger partial charge on any atom is 0.326 e. The number of aryl methyl sites for hydroxylation is 3. The molecular weight excluding hydrogens is 817 g/mol. The second-order valence-electron chi connectivity index (χ2n) is 15.4. The minimum absolute atomic E-state index is 0.0439. The van der Waals surface area contributed by atoms with E-state index in [1.54, 1.807) is 38.4 Å². The van der Waals surface area contributed by atoms with Gasteiger partial charge in [0.25, 0.3) is 5.91 Å². The highest BCUT2D eigenvalue weighted by atomic mass is 35.5. The Bertz CT molecular complexity index is 2650. The van der Waals surface area contributed by atoms with Crippen molar-refractivity contribution >= 4 is 41.0 Å². The maximum absolute atomic E-state index is 14.3. The van der Waals surface area contributed by atoms with Crippen LogP contribution in [0.3, 0.4) is 0 Å². The number of rotatable bonds is 11. The lowest BCUT2D eigenvalue weighted by Crippen LogP contribution is -2.56. The molecule has 0 fully saturated rings. The number of fused-ring (bicyclic) bond motifs is 2. The predicted molar refractivity (Wildman–Crippen MR) is 230 cm³/mol. The zero-order valence-electron chi connectivity index (χ0n) is 33.9. The lowest BCUT2D eigenvalue weighted by Gasteiger charge is -2.37. The van der Waals surface area contributed by atoms with Gasteiger partial charge in [0.2, 0.25) is 5.91 Å². The molecule has 2 amide bonds. The van der Waals surface area contributed by atoms with Gasteiger partial charge in [-0.2, -0.15) is 5.10 Å². The van der Waals surface area contributed by atoms with Gasteiger partial charge in [-0.25, -0.2) is 4.79 Å². The van der Waals surface area contributed by atoms with Gasteiger partial charge in [0.15, 0.2) is 17.6 Å². The highest BCUT2D eigenvalue weighted by Crippen LogP contribution is 2.41. The number of nitrogens with zero attached hydrogens (tertiary/aromatic N) is 4. The van der Waals surface area contributed by atoms with Gasteiger partial charge < -0.3 is 29.5 Å². The van der Waals surface area contributed by atoms with Gasteiger partial charge in [-0.15, -0.1) is 0 Å². The molecule has 4 heterocycles. The van der Waals surface area contributed by atoms with E-state index < -0.39 is 36.0 Å². The molecule has 0 radical (unpaired) electrons. The Morgan fingerprint density at radius 2 is 1.64 bits per heavy atom. The minimum atomic E-state index is -1.25. The van der Waals surface area contributed by atoms with Gasteiger partial charge >= 0.3 is 5.97 Å². The molecule has 0 saturated carbocycles. The number of halogens is 2. The monoisotopic (exact) mass is 859 g/mol. The summed E-state index contributed by atoms with van der Waals surface area (Å²) >= 11 is 12.2. The molecular formula is C47H43Cl2N5O7.